The molecule has 0 aromatic heterocycles. The predicted octanol–water partition coefficient (Wildman–Crippen LogP) is 2.57. The van der Waals surface area contributed by atoms with Gasteiger partial charge in [-0.2, -0.15) is 0 Å². The molecular formula is C16H32N2O2. The maximum absolute atomic E-state index is 12.4. The molecule has 1 atom stereocenters. The maximum Gasteiger partial charge on any atom is 0.326 e. The summed E-state index contributed by atoms with van der Waals surface area (Å²) in [6.07, 6.45) is 7.07. The molecule has 1 N–H and O–H groups in total. The van der Waals surface area contributed by atoms with Gasteiger partial charge >= 0.3 is 5.97 Å². The molecule has 1 aliphatic heterocycles. The summed E-state index contributed by atoms with van der Waals surface area (Å²) in [5, 5.41) is 3.35. The lowest BCUT2D eigenvalue weighted by atomic mass is 9.91. The molecule has 0 spiro atoms. The summed E-state index contributed by atoms with van der Waals surface area (Å²) < 4.78 is 5.34. The van der Waals surface area contributed by atoms with Gasteiger partial charge in [0.05, 0.1) is 6.61 Å². The Morgan fingerprint density at radius 2 is 1.80 bits per heavy atom. The van der Waals surface area contributed by atoms with Crippen molar-refractivity contribution in [2.45, 2.75) is 64.8 Å². The first-order valence-corrected chi connectivity index (χ1v) is 8.28. The Kier molecular flexibility index (Phi) is 8.15. The van der Waals surface area contributed by atoms with Crippen LogP contribution in [0.2, 0.25) is 0 Å². The van der Waals surface area contributed by atoms with Crippen LogP contribution in [0.1, 0.15) is 59.3 Å². The fraction of sp³-hybridized carbons (Fsp3) is 0.938. The highest BCUT2D eigenvalue weighted by atomic mass is 16.5. The molecule has 0 bridgehead atoms. The second kappa shape index (κ2) is 9.35. The van der Waals surface area contributed by atoms with Crippen molar-refractivity contribution in [2.24, 2.45) is 0 Å². The molecule has 1 aliphatic rings. The van der Waals surface area contributed by atoms with Crippen LogP contribution in [0, 0.1) is 0 Å². The van der Waals surface area contributed by atoms with Crippen molar-refractivity contribution < 1.29 is 9.53 Å². The molecule has 20 heavy (non-hydrogen) atoms. The Balaban J connectivity index is 2.55. The minimum atomic E-state index is -0.440. The number of hydrogen-bond donors (Lipinski definition) is 1. The molecule has 4 nitrogen and oxygen atoms in total. The van der Waals surface area contributed by atoms with Gasteiger partial charge in [-0.1, -0.05) is 39.0 Å². The summed E-state index contributed by atoms with van der Waals surface area (Å²) in [7, 11) is 0. The van der Waals surface area contributed by atoms with Gasteiger partial charge in [-0.25, -0.2) is 0 Å². The molecule has 1 rings (SSSR count). The monoisotopic (exact) mass is 284 g/mol. The van der Waals surface area contributed by atoms with Gasteiger partial charge in [-0.3, -0.25) is 9.69 Å². The molecule has 0 aromatic rings. The van der Waals surface area contributed by atoms with Gasteiger partial charge in [-0.15, -0.1) is 0 Å². The predicted molar refractivity (Wildman–Crippen MR) is 82.9 cm³/mol. The van der Waals surface area contributed by atoms with Crippen LogP contribution in [-0.4, -0.2) is 49.2 Å². The lowest BCUT2D eigenvalue weighted by Gasteiger charge is -2.41. The average molecular weight is 284 g/mol. The van der Waals surface area contributed by atoms with Gasteiger partial charge in [0.2, 0.25) is 0 Å². The van der Waals surface area contributed by atoms with E-state index in [1.54, 1.807) is 0 Å². The highest BCUT2D eigenvalue weighted by molar-refractivity contribution is 5.80. The van der Waals surface area contributed by atoms with Crippen LogP contribution in [0.25, 0.3) is 0 Å². The SMILES string of the molecule is CCCCCCCC(C)(C(=O)OCC)N1CCNCC1. The topological polar surface area (TPSA) is 41.6 Å². The summed E-state index contributed by atoms with van der Waals surface area (Å²) in [5.41, 5.74) is -0.440. The van der Waals surface area contributed by atoms with Gasteiger partial charge in [0.15, 0.2) is 0 Å². The van der Waals surface area contributed by atoms with Crippen molar-refractivity contribution in [3.63, 3.8) is 0 Å². The van der Waals surface area contributed by atoms with E-state index >= 15 is 0 Å². The van der Waals surface area contributed by atoms with Crippen LogP contribution in [0.4, 0.5) is 0 Å². The minimum absolute atomic E-state index is 0.0441. The first kappa shape index (κ1) is 17.4. The second-order valence-electron chi connectivity index (χ2n) is 5.90. The molecule has 1 heterocycles. The molecule has 1 unspecified atom stereocenters. The minimum Gasteiger partial charge on any atom is -0.465 e. The van der Waals surface area contributed by atoms with Gasteiger partial charge < -0.3 is 10.1 Å². The van der Waals surface area contributed by atoms with Gasteiger partial charge in [0, 0.05) is 26.2 Å². The van der Waals surface area contributed by atoms with E-state index in [0.29, 0.717) is 6.61 Å². The van der Waals surface area contributed by atoms with Crippen LogP contribution in [-0.2, 0) is 9.53 Å². The largest absolute Gasteiger partial charge is 0.465 e. The van der Waals surface area contributed by atoms with E-state index in [-0.39, 0.29) is 5.97 Å². The lowest BCUT2D eigenvalue weighted by Crippen LogP contribution is -2.59. The quantitative estimate of drug-likeness (QED) is 0.522. The molecule has 0 aliphatic carbocycles. The van der Waals surface area contributed by atoms with Crippen LogP contribution in [0.15, 0.2) is 0 Å². The zero-order chi connectivity index (χ0) is 14.8. The Bertz CT molecular complexity index is 278. The number of nitrogens with zero attached hydrogens (tertiary/aromatic N) is 1. The molecule has 4 heteroatoms. The van der Waals surface area contributed by atoms with Gasteiger partial charge in [0.1, 0.15) is 5.54 Å². The first-order chi connectivity index (χ1) is 9.65. The summed E-state index contributed by atoms with van der Waals surface area (Å²) in [4.78, 5) is 14.7. The number of unbranched alkanes of at least 4 members (excludes halogenated alkanes) is 4. The summed E-state index contributed by atoms with van der Waals surface area (Å²) in [6.45, 7) is 10.4. The highest BCUT2D eigenvalue weighted by Crippen LogP contribution is 2.25. The smallest absolute Gasteiger partial charge is 0.326 e. The second-order valence-corrected chi connectivity index (χ2v) is 5.90. The standard InChI is InChI=1S/C16H32N2O2/c1-4-6-7-8-9-10-16(3,15(19)20-5-2)18-13-11-17-12-14-18/h17H,4-14H2,1-3H3. The Morgan fingerprint density at radius 1 is 1.15 bits per heavy atom. The number of nitrogens with one attached hydrogen (secondary N) is 1. The van der Waals surface area contributed by atoms with Crippen molar-refractivity contribution >= 4 is 5.97 Å². The number of ether oxygens (including phenoxy) is 1. The Hall–Kier alpha value is -0.610. The number of esters is 1. The Labute approximate surface area is 124 Å². The highest BCUT2D eigenvalue weighted by Gasteiger charge is 2.40. The molecular weight excluding hydrogens is 252 g/mol. The zero-order valence-electron chi connectivity index (χ0n) is 13.5. The summed E-state index contributed by atoms with van der Waals surface area (Å²) in [5.74, 6) is -0.0441. The third-order valence-electron chi connectivity index (χ3n) is 4.30. The van der Waals surface area contributed by atoms with Crippen LogP contribution in [0.3, 0.4) is 0 Å². The summed E-state index contributed by atoms with van der Waals surface area (Å²) >= 11 is 0. The maximum atomic E-state index is 12.4. The fourth-order valence-corrected chi connectivity index (χ4v) is 2.91. The van der Waals surface area contributed by atoms with E-state index in [4.69, 9.17) is 4.74 Å². The van der Waals surface area contributed by atoms with Gasteiger partial charge in [0.25, 0.3) is 0 Å². The molecule has 0 radical (unpaired) electrons. The van der Waals surface area contributed by atoms with E-state index in [2.05, 4.69) is 24.1 Å². The molecule has 0 saturated carbocycles. The van der Waals surface area contributed by atoms with Gasteiger partial charge in [-0.05, 0) is 20.3 Å². The number of carbonyl (C=O) groups excluding carboxylic acids is 1. The van der Waals surface area contributed by atoms with E-state index in [1.807, 2.05) is 6.92 Å². The molecule has 118 valence electrons. The molecule has 1 saturated heterocycles. The van der Waals surface area contributed by atoms with E-state index in [1.165, 1.54) is 25.7 Å². The van der Waals surface area contributed by atoms with Crippen LogP contribution < -0.4 is 5.32 Å². The van der Waals surface area contributed by atoms with Crippen molar-refractivity contribution in [3.05, 3.63) is 0 Å². The molecule has 1 fully saturated rings. The van der Waals surface area contributed by atoms with E-state index in [9.17, 15) is 4.79 Å². The number of piperazine rings is 1. The average Bonchev–Trinajstić information content (AvgIpc) is 2.48. The third-order valence-corrected chi connectivity index (χ3v) is 4.30. The van der Waals surface area contributed by atoms with Crippen molar-refractivity contribution in [1.29, 1.82) is 0 Å². The Morgan fingerprint density at radius 3 is 2.40 bits per heavy atom. The molecule has 0 aromatic carbocycles. The first-order valence-electron chi connectivity index (χ1n) is 8.28. The normalized spacial score (nSPS) is 19.6. The van der Waals surface area contributed by atoms with Crippen molar-refractivity contribution in [2.75, 3.05) is 32.8 Å². The number of hydrogen-bond acceptors (Lipinski definition) is 4. The van der Waals surface area contributed by atoms with Crippen LogP contribution in [0.5, 0.6) is 0 Å². The van der Waals surface area contributed by atoms with Crippen LogP contribution >= 0.6 is 0 Å². The third kappa shape index (κ3) is 5.06. The lowest BCUT2D eigenvalue weighted by molar-refractivity contribution is -0.158. The number of rotatable bonds is 9. The van der Waals surface area contributed by atoms with Crippen molar-refractivity contribution in [1.82, 2.24) is 10.2 Å². The van der Waals surface area contributed by atoms with E-state index in [0.717, 1.165) is 39.0 Å². The van der Waals surface area contributed by atoms with E-state index < -0.39 is 5.54 Å². The number of carbonyl (C=O) groups is 1. The zero-order valence-corrected chi connectivity index (χ0v) is 13.5. The summed E-state index contributed by atoms with van der Waals surface area (Å²) in [6, 6.07) is 0. The molecule has 0 amide bonds. The van der Waals surface area contributed by atoms with Crippen molar-refractivity contribution in [3.8, 4) is 0 Å². The fourth-order valence-electron chi connectivity index (χ4n) is 2.91.